The highest BCUT2D eigenvalue weighted by atomic mass is 32.2. The Hall–Kier alpha value is -3.20. The van der Waals surface area contributed by atoms with E-state index in [-0.39, 0.29) is 25.7 Å². The van der Waals surface area contributed by atoms with Gasteiger partial charge in [-0.1, -0.05) is 61.5 Å². The van der Waals surface area contributed by atoms with Crippen LogP contribution >= 0.6 is 0 Å². The molecule has 0 aromatic heterocycles. The molecule has 4 rings (SSSR count). The molecule has 32 heavy (non-hydrogen) atoms. The first-order valence-electron chi connectivity index (χ1n) is 10.3. The highest BCUT2D eigenvalue weighted by molar-refractivity contribution is 8.05. The quantitative estimate of drug-likeness (QED) is 0.634. The van der Waals surface area contributed by atoms with E-state index in [0.29, 0.717) is 17.5 Å². The molecule has 1 unspecified atom stereocenters. The van der Waals surface area contributed by atoms with Crippen molar-refractivity contribution in [1.29, 1.82) is 0 Å². The SMILES string of the molecule is C[C@H]1C(S(=O)(=O)C(=O)OCc2ccccc2)c2ccccc2C[C@H]1CN1C(=O)COC1=O. The third-order valence-electron chi connectivity index (χ3n) is 6.09. The molecule has 1 aliphatic carbocycles. The van der Waals surface area contributed by atoms with Gasteiger partial charge in [-0.3, -0.25) is 4.79 Å². The normalized spacial score (nSPS) is 22.9. The maximum atomic E-state index is 13.3. The van der Waals surface area contributed by atoms with Crippen LogP contribution < -0.4 is 0 Å². The van der Waals surface area contributed by atoms with Gasteiger partial charge in [-0.25, -0.2) is 22.9 Å². The Morgan fingerprint density at radius 3 is 2.47 bits per heavy atom. The van der Waals surface area contributed by atoms with Crippen LogP contribution in [0, 0.1) is 11.8 Å². The molecule has 2 aromatic carbocycles. The summed E-state index contributed by atoms with van der Waals surface area (Å²) < 4.78 is 36.6. The molecular weight excluding hydrogens is 434 g/mol. The van der Waals surface area contributed by atoms with Crippen LogP contribution in [0.25, 0.3) is 0 Å². The molecule has 3 atom stereocenters. The summed E-state index contributed by atoms with van der Waals surface area (Å²) in [4.78, 5) is 37.6. The van der Waals surface area contributed by atoms with E-state index in [0.717, 1.165) is 10.5 Å². The van der Waals surface area contributed by atoms with Gasteiger partial charge in [0, 0.05) is 6.54 Å². The number of carbonyl (C=O) groups is 3. The van der Waals surface area contributed by atoms with E-state index in [9.17, 15) is 22.8 Å². The average Bonchev–Trinajstić information content (AvgIpc) is 3.10. The van der Waals surface area contributed by atoms with Gasteiger partial charge in [0.15, 0.2) is 6.61 Å². The zero-order valence-electron chi connectivity index (χ0n) is 17.5. The first kappa shape index (κ1) is 22.0. The molecule has 8 nitrogen and oxygen atoms in total. The number of rotatable bonds is 5. The summed E-state index contributed by atoms with van der Waals surface area (Å²) in [5, 5.41) is -2.43. The Kier molecular flexibility index (Phi) is 6.01. The van der Waals surface area contributed by atoms with Crippen LogP contribution in [0.15, 0.2) is 54.6 Å². The van der Waals surface area contributed by atoms with Gasteiger partial charge in [-0.15, -0.1) is 0 Å². The van der Waals surface area contributed by atoms with Crippen molar-refractivity contribution in [1.82, 2.24) is 4.90 Å². The third-order valence-corrected chi connectivity index (χ3v) is 8.02. The molecule has 0 bridgehead atoms. The predicted octanol–water partition coefficient (Wildman–Crippen LogP) is 3.27. The van der Waals surface area contributed by atoms with Crippen molar-refractivity contribution < 1.29 is 32.3 Å². The smallest absolute Gasteiger partial charge is 0.425 e. The van der Waals surface area contributed by atoms with Crippen molar-refractivity contribution in [3.8, 4) is 0 Å². The Labute approximate surface area is 186 Å². The summed E-state index contributed by atoms with van der Waals surface area (Å²) in [5.74, 6) is -1.36. The monoisotopic (exact) mass is 457 g/mol. The predicted molar refractivity (Wildman–Crippen MR) is 114 cm³/mol. The molecule has 2 aromatic rings. The Balaban J connectivity index is 1.60. The number of benzene rings is 2. The Bertz CT molecular complexity index is 1130. The lowest BCUT2D eigenvalue weighted by molar-refractivity contribution is -0.126. The molecule has 2 aliphatic rings. The Morgan fingerprint density at radius 2 is 1.78 bits per heavy atom. The lowest BCUT2D eigenvalue weighted by Gasteiger charge is -2.37. The third kappa shape index (κ3) is 4.12. The minimum atomic E-state index is -4.37. The van der Waals surface area contributed by atoms with Crippen molar-refractivity contribution in [3.05, 3.63) is 71.3 Å². The van der Waals surface area contributed by atoms with Crippen LogP contribution in [-0.2, 0) is 37.1 Å². The summed E-state index contributed by atoms with van der Waals surface area (Å²) in [6, 6.07) is 15.8. The number of sulfone groups is 1. The molecule has 2 amide bonds. The van der Waals surface area contributed by atoms with Crippen molar-refractivity contribution in [3.63, 3.8) is 0 Å². The first-order chi connectivity index (χ1) is 15.3. The molecule has 0 N–H and O–H groups in total. The van der Waals surface area contributed by atoms with Crippen LogP contribution in [0.1, 0.15) is 28.9 Å². The van der Waals surface area contributed by atoms with Crippen molar-refractivity contribution >= 4 is 27.1 Å². The summed E-state index contributed by atoms with van der Waals surface area (Å²) in [6.45, 7) is 1.28. The van der Waals surface area contributed by atoms with Crippen LogP contribution in [0.2, 0.25) is 0 Å². The lowest BCUT2D eigenvalue weighted by Crippen LogP contribution is -2.42. The van der Waals surface area contributed by atoms with Crippen LogP contribution in [-0.4, -0.2) is 43.8 Å². The van der Waals surface area contributed by atoms with E-state index < -0.39 is 38.3 Å². The maximum Gasteiger partial charge on any atom is 0.425 e. The van der Waals surface area contributed by atoms with Crippen molar-refractivity contribution in [2.24, 2.45) is 11.8 Å². The molecule has 9 heteroatoms. The molecular formula is C23H23NO7S. The fourth-order valence-corrected chi connectivity index (χ4v) is 6.15. The van der Waals surface area contributed by atoms with Gasteiger partial charge < -0.3 is 9.47 Å². The van der Waals surface area contributed by atoms with Crippen molar-refractivity contribution in [2.75, 3.05) is 13.2 Å². The number of fused-ring (bicyclic) bond motifs is 1. The highest BCUT2D eigenvalue weighted by Gasteiger charge is 2.47. The summed E-state index contributed by atoms with van der Waals surface area (Å²) >= 11 is 0. The van der Waals surface area contributed by atoms with Gasteiger partial charge in [0.1, 0.15) is 11.9 Å². The molecule has 1 aliphatic heterocycles. The van der Waals surface area contributed by atoms with E-state index >= 15 is 0 Å². The van der Waals surface area contributed by atoms with Crippen LogP contribution in [0.3, 0.4) is 0 Å². The lowest BCUT2D eigenvalue weighted by atomic mass is 9.76. The van der Waals surface area contributed by atoms with Gasteiger partial charge in [0.25, 0.3) is 15.7 Å². The van der Waals surface area contributed by atoms with E-state index in [2.05, 4.69) is 0 Å². The zero-order chi connectivity index (χ0) is 22.9. The number of hydrogen-bond donors (Lipinski definition) is 0. The van der Waals surface area contributed by atoms with Gasteiger partial charge in [0.05, 0.1) is 0 Å². The van der Waals surface area contributed by atoms with Crippen molar-refractivity contribution in [2.45, 2.75) is 25.2 Å². The minimum Gasteiger partial charge on any atom is -0.449 e. The number of hydrogen-bond acceptors (Lipinski definition) is 7. The number of amides is 2. The second-order valence-corrected chi connectivity index (χ2v) is 10.0. The number of imide groups is 1. The molecule has 1 saturated heterocycles. The topological polar surface area (TPSA) is 107 Å². The van der Waals surface area contributed by atoms with Gasteiger partial charge in [-0.2, -0.15) is 0 Å². The second-order valence-electron chi connectivity index (χ2n) is 8.07. The molecule has 1 heterocycles. The highest BCUT2D eigenvalue weighted by Crippen LogP contribution is 2.44. The number of ether oxygens (including phenoxy) is 2. The fraction of sp³-hybridized carbons (Fsp3) is 0.348. The molecule has 0 radical (unpaired) electrons. The fourth-order valence-electron chi connectivity index (χ4n) is 4.37. The van der Waals surface area contributed by atoms with Crippen LogP contribution in [0.5, 0.6) is 0 Å². The molecule has 0 saturated carbocycles. The van der Waals surface area contributed by atoms with Gasteiger partial charge >= 0.3 is 11.4 Å². The minimum absolute atomic E-state index is 0.0260. The Morgan fingerprint density at radius 1 is 1.09 bits per heavy atom. The summed E-state index contributed by atoms with van der Waals surface area (Å²) in [6.07, 6.45) is -0.262. The van der Waals surface area contributed by atoms with E-state index in [1.165, 1.54) is 0 Å². The zero-order valence-corrected chi connectivity index (χ0v) is 18.3. The first-order valence-corrected chi connectivity index (χ1v) is 11.8. The molecule has 168 valence electrons. The van der Waals surface area contributed by atoms with E-state index in [1.54, 1.807) is 55.5 Å². The average molecular weight is 458 g/mol. The van der Waals surface area contributed by atoms with E-state index in [1.807, 2.05) is 6.07 Å². The maximum absolute atomic E-state index is 13.3. The number of cyclic esters (lactones) is 1. The number of carbonyl (C=O) groups excluding carboxylic acids is 3. The standard InChI is InChI=1S/C23H23NO7S/c1-15-18(12-24-20(25)14-30-22(24)26)11-17-9-5-6-10-19(17)21(15)32(28,29)23(27)31-13-16-7-3-2-4-8-16/h2-10,15,18,21H,11-14H2,1H3/t15-,18+,21?/m1/s1. The molecule has 1 fully saturated rings. The molecule has 0 spiro atoms. The van der Waals surface area contributed by atoms with Crippen LogP contribution in [0.4, 0.5) is 9.59 Å². The largest absolute Gasteiger partial charge is 0.449 e. The van der Waals surface area contributed by atoms with E-state index in [4.69, 9.17) is 9.47 Å². The summed E-state index contributed by atoms with van der Waals surface area (Å²) in [7, 11) is -4.37. The summed E-state index contributed by atoms with van der Waals surface area (Å²) in [5.41, 5.74) is 1.99. The van der Waals surface area contributed by atoms with Gasteiger partial charge in [0.2, 0.25) is 0 Å². The van der Waals surface area contributed by atoms with Gasteiger partial charge in [-0.05, 0) is 34.9 Å². The number of nitrogens with zero attached hydrogens (tertiary/aromatic N) is 1. The second kappa shape index (κ2) is 8.74.